The lowest BCUT2D eigenvalue weighted by Gasteiger charge is -2.09. The van der Waals surface area contributed by atoms with E-state index in [0.29, 0.717) is 25.9 Å². The molecule has 3 nitrogen and oxygen atoms in total. The highest BCUT2D eigenvalue weighted by molar-refractivity contribution is 9.10. The molecule has 2 aromatic rings. The minimum absolute atomic E-state index is 0.273. The largest absolute Gasteiger partial charge is 0.322 e. The standard InChI is InChI=1S/C13H9Br2FN2O/c1-7-4-10(16)9(14)6-11(7)18-13(19)8-2-3-17-12(15)5-8/h2-6H,1H3,(H,18,19). The van der Waals surface area contributed by atoms with Gasteiger partial charge >= 0.3 is 0 Å². The van der Waals surface area contributed by atoms with Crippen molar-refractivity contribution in [2.75, 3.05) is 5.32 Å². The van der Waals surface area contributed by atoms with E-state index in [2.05, 4.69) is 42.2 Å². The van der Waals surface area contributed by atoms with Crippen molar-refractivity contribution < 1.29 is 9.18 Å². The van der Waals surface area contributed by atoms with E-state index in [1.54, 1.807) is 25.1 Å². The van der Waals surface area contributed by atoms with E-state index in [1.165, 1.54) is 12.3 Å². The zero-order valence-electron chi connectivity index (χ0n) is 9.88. The van der Waals surface area contributed by atoms with Gasteiger partial charge in [0, 0.05) is 17.4 Å². The number of hydrogen-bond donors (Lipinski definition) is 1. The second kappa shape index (κ2) is 5.79. The molecule has 0 atom stereocenters. The van der Waals surface area contributed by atoms with Crippen LogP contribution < -0.4 is 5.32 Å². The van der Waals surface area contributed by atoms with E-state index in [0.717, 1.165) is 0 Å². The molecule has 0 aliphatic rings. The molecule has 1 N–H and O–H groups in total. The number of carbonyl (C=O) groups is 1. The number of amides is 1. The molecule has 0 saturated carbocycles. The number of anilines is 1. The highest BCUT2D eigenvalue weighted by Crippen LogP contribution is 2.24. The maximum absolute atomic E-state index is 13.3. The molecule has 19 heavy (non-hydrogen) atoms. The van der Waals surface area contributed by atoms with Gasteiger partial charge < -0.3 is 5.32 Å². The van der Waals surface area contributed by atoms with E-state index >= 15 is 0 Å². The van der Waals surface area contributed by atoms with Crippen molar-refractivity contribution >= 4 is 43.5 Å². The van der Waals surface area contributed by atoms with E-state index in [4.69, 9.17) is 0 Å². The van der Waals surface area contributed by atoms with Crippen LogP contribution in [-0.4, -0.2) is 10.9 Å². The highest BCUT2D eigenvalue weighted by atomic mass is 79.9. The Hall–Kier alpha value is -1.27. The molecule has 2 rings (SSSR count). The molecule has 0 fully saturated rings. The monoisotopic (exact) mass is 386 g/mol. The first-order valence-electron chi connectivity index (χ1n) is 5.36. The molecular formula is C13H9Br2FN2O. The van der Waals surface area contributed by atoms with Gasteiger partial charge in [-0.25, -0.2) is 9.37 Å². The highest BCUT2D eigenvalue weighted by Gasteiger charge is 2.10. The summed E-state index contributed by atoms with van der Waals surface area (Å²) in [5, 5.41) is 2.74. The third-order valence-corrected chi connectivity index (χ3v) is 3.55. The van der Waals surface area contributed by atoms with Crippen molar-refractivity contribution in [2.45, 2.75) is 6.92 Å². The van der Waals surface area contributed by atoms with Crippen molar-refractivity contribution in [1.29, 1.82) is 0 Å². The van der Waals surface area contributed by atoms with Crippen LogP contribution in [0.1, 0.15) is 15.9 Å². The third kappa shape index (κ3) is 3.39. The zero-order chi connectivity index (χ0) is 14.0. The Morgan fingerprint density at radius 2 is 2.05 bits per heavy atom. The Morgan fingerprint density at radius 3 is 2.74 bits per heavy atom. The number of hydrogen-bond acceptors (Lipinski definition) is 2. The second-order valence-electron chi connectivity index (χ2n) is 3.90. The summed E-state index contributed by atoms with van der Waals surface area (Å²) in [6.45, 7) is 1.73. The Balaban J connectivity index is 2.27. The maximum Gasteiger partial charge on any atom is 0.255 e. The van der Waals surface area contributed by atoms with Crippen LogP contribution in [0.2, 0.25) is 0 Å². The third-order valence-electron chi connectivity index (χ3n) is 2.50. The first kappa shape index (κ1) is 14.1. The Kier molecular flexibility index (Phi) is 4.31. The summed E-state index contributed by atoms with van der Waals surface area (Å²) in [7, 11) is 0. The average molecular weight is 388 g/mol. The molecule has 0 aliphatic carbocycles. The second-order valence-corrected chi connectivity index (χ2v) is 5.57. The lowest BCUT2D eigenvalue weighted by Crippen LogP contribution is -2.13. The van der Waals surface area contributed by atoms with Crippen molar-refractivity contribution in [3.63, 3.8) is 0 Å². The Morgan fingerprint density at radius 1 is 1.32 bits per heavy atom. The van der Waals surface area contributed by atoms with Crippen LogP contribution >= 0.6 is 31.9 Å². The average Bonchev–Trinajstić information content (AvgIpc) is 2.36. The van der Waals surface area contributed by atoms with Gasteiger partial charge in [-0.3, -0.25) is 4.79 Å². The summed E-state index contributed by atoms with van der Waals surface area (Å²) in [6, 6.07) is 6.12. The molecule has 98 valence electrons. The topological polar surface area (TPSA) is 42.0 Å². The van der Waals surface area contributed by atoms with E-state index in [-0.39, 0.29) is 11.7 Å². The summed E-state index contributed by atoms with van der Waals surface area (Å²) in [5.41, 5.74) is 1.69. The van der Waals surface area contributed by atoms with Crippen LogP contribution in [0.15, 0.2) is 39.5 Å². The molecule has 0 unspecified atom stereocenters. The number of halogens is 3. The Bertz CT molecular complexity index is 647. The molecule has 1 heterocycles. The molecule has 1 aromatic carbocycles. The lowest BCUT2D eigenvalue weighted by molar-refractivity contribution is 0.102. The van der Waals surface area contributed by atoms with Gasteiger partial charge in [0.15, 0.2) is 0 Å². The summed E-state index contributed by atoms with van der Waals surface area (Å²) in [4.78, 5) is 16.0. The molecule has 0 saturated heterocycles. The number of aryl methyl sites for hydroxylation is 1. The van der Waals surface area contributed by atoms with Gasteiger partial charge in [0.1, 0.15) is 10.4 Å². The summed E-state index contributed by atoms with van der Waals surface area (Å²) in [5.74, 6) is -0.633. The molecule has 0 radical (unpaired) electrons. The minimum Gasteiger partial charge on any atom is -0.322 e. The van der Waals surface area contributed by atoms with Crippen molar-refractivity contribution in [1.82, 2.24) is 4.98 Å². The van der Waals surface area contributed by atoms with Crippen LogP contribution in [0.5, 0.6) is 0 Å². The molecule has 6 heteroatoms. The fraction of sp³-hybridized carbons (Fsp3) is 0.0769. The van der Waals surface area contributed by atoms with Gasteiger partial charge in [-0.2, -0.15) is 0 Å². The fourth-order valence-corrected chi connectivity index (χ4v) is 2.23. The number of nitrogens with one attached hydrogen (secondary N) is 1. The predicted octanol–water partition coefficient (Wildman–Crippen LogP) is 4.31. The molecule has 1 amide bonds. The van der Waals surface area contributed by atoms with Gasteiger partial charge in [0.2, 0.25) is 0 Å². The molecule has 0 bridgehead atoms. The van der Waals surface area contributed by atoms with Crippen molar-refractivity contribution in [2.24, 2.45) is 0 Å². The quantitative estimate of drug-likeness (QED) is 0.780. The van der Waals surface area contributed by atoms with Crippen LogP contribution in [0.4, 0.5) is 10.1 Å². The summed E-state index contributed by atoms with van der Waals surface area (Å²) >= 11 is 6.30. The number of rotatable bonds is 2. The number of aromatic nitrogens is 1. The van der Waals surface area contributed by atoms with Gasteiger partial charge in [0.25, 0.3) is 5.91 Å². The van der Waals surface area contributed by atoms with Crippen LogP contribution in [0.25, 0.3) is 0 Å². The van der Waals surface area contributed by atoms with E-state index in [9.17, 15) is 9.18 Å². The smallest absolute Gasteiger partial charge is 0.255 e. The zero-order valence-corrected chi connectivity index (χ0v) is 13.0. The van der Waals surface area contributed by atoms with Crippen molar-refractivity contribution in [3.8, 4) is 0 Å². The van der Waals surface area contributed by atoms with E-state index in [1.807, 2.05) is 0 Å². The molecule has 0 spiro atoms. The van der Waals surface area contributed by atoms with Gasteiger partial charge in [0.05, 0.1) is 4.47 Å². The van der Waals surface area contributed by atoms with E-state index < -0.39 is 0 Å². The summed E-state index contributed by atoms with van der Waals surface area (Å²) < 4.78 is 14.2. The minimum atomic E-state index is -0.359. The maximum atomic E-state index is 13.3. The summed E-state index contributed by atoms with van der Waals surface area (Å²) in [6.07, 6.45) is 1.53. The SMILES string of the molecule is Cc1cc(F)c(Br)cc1NC(=O)c1ccnc(Br)c1. The first-order chi connectivity index (χ1) is 8.97. The lowest BCUT2D eigenvalue weighted by atomic mass is 10.2. The van der Waals surface area contributed by atoms with Crippen molar-refractivity contribution in [3.05, 3.63) is 56.5 Å². The number of pyridine rings is 1. The molecular weight excluding hydrogens is 379 g/mol. The molecule has 0 aliphatic heterocycles. The van der Waals surface area contributed by atoms with Crippen LogP contribution in [0.3, 0.4) is 0 Å². The van der Waals surface area contributed by atoms with Gasteiger partial charge in [-0.15, -0.1) is 0 Å². The predicted molar refractivity (Wildman–Crippen MR) is 78.7 cm³/mol. The van der Waals surface area contributed by atoms with Gasteiger partial charge in [-0.05, 0) is 68.6 Å². The number of carbonyl (C=O) groups excluding carboxylic acids is 1. The van der Waals surface area contributed by atoms with Crippen LogP contribution in [0, 0.1) is 12.7 Å². The number of nitrogens with zero attached hydrogens (tertiary/aromatic N) is 1. The van der Waals surface area contributed by atoms with Crippen LogP contribution in [-0.2, 0) is 0 Å². The normalized spacial score (nSPS) is 10.3. The fourth-order valence-electron chi connectivity index (χ4n) is 1.52. The Labute approximate surface area is 126 Å². The first-order valence-corrected chi connectivity index (χ1v) is 6.94. The molecule has 1 aromatic heterocycles. The van der Waals surface area contributed by atoms with Gasteiger partial charge in [-0.1, -0.05) is 0 Å². The number of benzene rings is 1.